The van der Waals surface area contributed by atoms with Gasteiger partial charge in [0.1, 0.15) is 29.6 Å². The summed E-state index contributed by atoms with van der Waals surface area (Å²) >= 11 is 0. The van der Waals surface area contributed by atoms with Gasteiger partial charge in [-0.1, -0.05) is 0 Å². The highest BCUT2D eigenvalue weighted by molar-refractivity contribution is 5.93. The molecular weight excluding hydrogens is 280 g/mol. The van der Waals surface area contributed by atoms with E-state index in [0.717, 1.165) is 18.2 Å². The van der Waals surface area contributed by atoms with Gasteiger partial charge in [-0.15, -0.1) is 0 Å². The van der Waals surface area contributed by atoms with Crippen LogP contribution in [-0.4, -0.2) is 13.1 Å². The van der Waals surface area contributed by atoms with Crippen molar-refractivity contribution in [3.63, 3.8) is 0 Å². The molecule has 0 bridgehead atoms. The molecule has 2 aromatic rings. The highest BCUT2D eigenvalue weighted by atomic mass is 19.1. The van der Waals surface area contributed by atoms with Crippen molar-refractivity contribution in [2.75, 3.05) is 12.8 Å². The number of nitrogen functional groups attached to an aromatic ring is 1. The predicted octanol–water partition coefficient (Wildman–Crippen LogP) is 2.91. The zero-order valence-corrected chi connectivity index (χ0v) is 11.2. The molecule has 0 unspecified atom stereocenters. The number of halogens is 2. The maximum atomic E-state index is 13.0. The van der Waals surface area contributed by atoms with E-state index < -0.39 is 17.6 Å². The number of rotatable bonds is 4. The number of methoxy groups -OCH3 is 1. The van der Waals surface area contributed by atoms with Crippen LogP contribution in [0.25, 0.3) is 0 Å². The molecule has 0 aliphatic rings. The fraction of sp³-hybridized carbons (Fsp3) is 0.133. The molecular formula is C15H13F2NO3. The Kier molecular flexibility index (Phi) is 4.37. The van der Waals surface area contributed by atoms with Crippen LogP contribution in [0.2, 0.25) is 0 Å². The minimum Gasteiger partial charge on any atom is -0.496 e. The van der Waals surface area contributed by atoms with Gasteiger partial charge in [0.2, 0.25) is 0 Å². The van der Waals surface area contributed by atoms with Crippen molar-refractivity contribution in [1.82, 2.24) is 0 Å². The first-order valence-electron chi connectivity index (χ1n) is 6.05. The molecule has 2 aromatic carbocycles. The molecule has 0 fully saturated rings. The van der Waals surface area contributed by atoms with Crippen molar-refractivity contribution >= 4 is 11.7 Å². The Labute approximate surface area is 120 Å². The van der Waals surface area contributed by atoms with E-state index in [1.165, 1.54) is 25.3 Å². The molecule has 2 rings (SSSR count). The highest BCUT2D eigenvalue weighted by Crippen LogP contribution is 2.22. The fourth-order valence-electron chi connectivity index (χ4n) is 1.80. The molecule has 0 heterocycles. The van der Waals surface area contributed by atoms with E-state index in [9.17, 15) is 13.6 Å². The number of esters is 1. The number of hydrogen-bond acceptors (Lipinski definition) is 4. The summed E-state index contributed by atoms with van der Waals surface area (Å²) in [4.78, 5) is 11.9. The van der Waals surface area contributed by atoms with Crippen molar-refractivity contribution in [2.24, 2.45) is 0 Å². The quantitative estimate of drug-likeness (QED) is 0.695. The van der Waals surface area contributed by atoms with Gasteiger partial charge in [0.15, 0.2) is 0 Å². The molecule has 0 amide bonds. The van der Waals surface area contributed by atoms with Gasteiger partial charge in [0.05, 0.1) is 7.11 Å². The third kappa shape index (κ3) is 3.68. The third-order valence-corrected chi connectivity index (χ3v) is 2.74. The third-order valence-electron chi connectivity index (χ3n) is 2.74. The van der Waals surface area contributed by atoms with Crippen LogP contribution in [0.5, 0.6) is 5.75 Å². The van der Waals surface area contributed by atoms with Crippen LogP contribution in [0.3, 0.4) is 0 Å². The summed E-state index contributed by atoms with van der Waals surface area (Å²) in [7, 11) is 1.40. The predicted molar refractivity (Wildman–Crippen MR) is 72.9 cm³/mol. The van der Waals surface area contributed by atoms with Gasteiger partial charge in [-0.3, -0.25) is 0 Å². The maximum Gasteiger partial charge on any atom is 0.342 e. The number of hydrogen-bond donors (Lipinski definition) is 1. The van der Waals surface area contributed by atoms with E-state index in [1.807, 2.05) is 0 Å². The Morgan fingerprint density at radius 2 is 1.81 bits per heavy atom. The molecule has 2 N–H and O–H groups in total. The van der Waals surface area contributed by atoms with Crippen LogP contribution >= 0.6 is 0 Å². The van der Waals surface area contributed by atoms with Crippen LogP contribution in [0.15, 0.2) is 36.4 Å². The molecule has 0 aliphatic heterocycles. The largest absolute Gasteiger partial charge is 0.496 e. The Balaban J connectivity index is 2.11. The highest BCUT2D eigenvalue weighted by Gasteiger charge is 2.14. The molecule has 0 saturated carbocycles. The van der Waals surface area contributed by atoms with E-state index in [2.05, 4.69) is 0 Å². The monoisotopic (exact) mass is 293 g/mol. The topological polar surface area (TPSA) is 61.5 Å². The maximum absolute atomic E-state index is 13.0. The molecule has 6 heteroatoms. The molecule has 4 nitrogen and oxygen atoms in total. The van der Waals surface area contributed by atoms with Crippen molar-refractivity contribution in [3.8, 4) is 5.75 Å². The minimum atomic E-state index is -0.730. The number of nitrogens with two attached hydrogens (primary N) is 1. The van der Waals surface area contributed by atoms with E-state index in [0.29, 0.717) is 5.69 Å². The van der Waals surface area contributed by atoms with E-state index in [4.69, 9.17) is 15.2 Å². The summed E-state index contributed by atoms with van der Waals surface area (Å²) in [6.45, 7) is -0.249. The first-order valence-corrected chi connectivity index (χ1v) is 6.05. The van der Waals surface area contributed by atoms with Crippen molar-refractivity contribution in [1.29, 1.82) is 0 Å². The second kappa shape index (κ2) is 6.21. The van der Waals surface area contributed by atoms with Crippen LogP contribution in [0.1, 0.15) is 15.9 Å². The molecule has 0 spiro atoms. The second-order valence-corrected chi connectivity index (χ2v) is 4.31. The van der Waals surface area contributed by atoms with Crippen LogP contribution in [0, 0.1) is 11.6 Å². The van der Waals surface area contributed by atoms with Gasteiger partial charge in [0, 0.05) is 17.8 Å². The Bertz CT molecular complexity index is 654. The number of anilines is 1. The Morgan fingerprint density at radius 3 is 2.43 bits per heavy atom. The number of ether oxygens (including phenoxy) is 2. The molecule has 0 aromatic heterocycles. The summed E-state index contributed by atoms with van der Waals surface area (Å²) in [5, 5.41) is 0. The van der Waals surface area contributed by atoms with Crippen LogP contribution in [-0.2, 0) is 11.3 Å². The Hall–Kier alpha value is -2.63. The van der Waals surface area contributed by atoms with Crippen molar-refractivity contribution in [2.45, 2.75) is 6.61 Å². The summed E-state index contributed by atoms with van der Waals surface area (Å²) in [6, 6.07) is 7.41. The summed E-state index contributed by atoms with van der Waals surface area (Å²) in [5.74, 6) is -1.86. The lowest BCUT2D eigenvalue weighted by Gasteiger charge is -2.09. The van der Waals surface area contributed by atoms with Gasteiger partial charge in [-0.2, -0.15) is 0 Å². The number of carbonyl (C=O) groups excluding carboxylic acids is 1. The molecule has 110 valence electrons. The zero-order chi connectivity index (χ0) is 15.4. The van der Waals surface area contributed by atoms with E-state index in [1.54, 1.807) is 0 Å². The van der Waals surface area contributed by atoms with Crippen molar-refractivity contribution < 1.29 is 23.0 Å². The summed E-state index contributed by atoms with van der Waals surface area (Å²) in [6.07, 6.45) is 0. The summed E-state index contributed by atoms with van der Waals surface area (Å²) in [5.41, 5.74) is 6.43. The number of benzene rings is 2. The summed E-state index contributed by atoms with van der Waals surface area (Å²) < 4.78 is 36.1. The molecule has 0 radical (unpaired) electrons. The first kappa shape index (κ1) is 14.8. The van der Waals surface area contributed by atoms with E-state index in [-0.39, 0.29) is 23.5 Å². The molecule has 0 aliphatic carbocycles. The van der Waals surface area contributed by atoms with Crippen molar-refractivity contribution in [3.05, 3.63) is 59.2 Å². The average Bonchev–Trinajstić information content (AvgIpc) is 2.43. The average molecular weight is 293 g/mol. The van der Waals surface area contributed by atoms with E-state index >= 15 is 0 Å². The SMILES string of the molecule is COc1cc(N)ccc1C(=O)OCc1cc(F)cc(F)c1. The lowest BCUT2D eigenvalue weighted by atomic mass is 10.2. The normalized spacial score (nSPS) is 10.2. The standard InChI is InChI=1S/C15H13F2NO3/c1-20-14-7-12(18)2-3-13(14)15(19)21-8-9-4-10(16)6-11(17)5-9/h2-7H,8,18H2,1H3. The smallest absolute Gasteiger partial charge is 0.342 e. The molecule has 21 heavy (non-hydrogen) atoms. The fourth-order valence-corrected chi connectivity index (χ4v) is 1.80. The zero-order valence-electron chi connectivity index (χ0n) is 11.2. The van der Waals surface area contributed by atoms with Gasteiger partial charge in [-0.05, 0) is 29.8 Å². The van der Waals surface area contributed by atoms with Gasteiger partial charge < -0.3 is 15.2 Å². The second-order valence-electron chi connectivity index (χ2n) is 4.31. The van der Waals surface area contributed by atoms with Gasteiger partial charge in [0.25, 0.3) is 0 Å². The molecule has 0 saturated heterocycles. The lowest BCUT2D eigenvalue weighted by Crippen LogP contribution is -2.08. The lowest BCUT2D eigenvalue weighted by molar-refractivity contribution is 0.0468. The molecule has 0 atom stereocenters. The minimum absolute atomic E-state index is 0.184. The van der Waals surface area contributed by atoms with Crippen LogP contribution < -0.4 is 10.5 Å². The Morgan fingerprint density at radius 1 is 1.14 bits per heavy atom. The first-order chi connectivity index (χ1) is 9.99. The van der Waals surface area contributed by atoms with Crippen LogP contribution in [0.4, 0.5) is 14.5 Å². The van der Waals surface area contributed by atoms with Gasteiger partial charge >= 0.3 is 5.97 Å². The number of carbonyl (C=O) groups is 1. The van der Waals surface area contributed by atoms with Gasteiger partial charge in [-0.25, -0.2) is 13.6 Å².